The van der Waals surface area contributed by atoms with Gasteiger partial charge in [-0.3, -0.25) is 14.4 Å². The van der Waals surface area contributed by atoms with Gasteiger partial charge in [0.25, 0.3) is 0 Å². The molecule has 5 atom stereocenters. The molecule has 1 aromatic rings. The second-order valence-electron chi connectivity index (χ2n) is 13.8. The van der Waals surface area contributed by atoms with Crippen LogP contribution < -0.4 is 4.74 Å². The monoisotopic (exact) mass is 626 g/mol. The minimum absolute atomic E-state index is 0.0369. The van der Waals surface area contributed by atoms with Crippen LogP contribution in [0.3, 0.4) is 0 Å². The Labute approximate surface area is 268 Å². The van der Waals surface area contributed by atoms with E-state index < -0.39 is 17.0 Å². The van der Waals surface area contributed by atoms with E-state index in [4.69, 9.17) is 14.2 Å². The predicted octanol–water partition coefficient (Wildman–Crippen LogP) is 5.27. The number of likely N-dealkylation sites (tertiary alicyclic amines) is 1. The van der Waals surface area contributed by atoms with Crippen molar-refractivity contribution < 1.29 is 33.7 Å². The molecule has 3 heterocycles. The molecule has 2 amide bonds. The molecule has 45 heavy (non-hydrogen) atoms. The van der Waals surface area contributed by atoms with Crippen molar-refractivity contribution in [1.29, 1.82) is 0 Å². The lowest BCUT2D eigenvalue weighted by molar-refractivity contribution is -0.180. The first-order chi connectivity index (χ1) is 21.9. The third-order valence-corrected chi connectivity index (χ3v) is 11.2. The van der Waals surface area contributed by atoms with Crippen LogP contribution in [-0.4, -0.2) is 84.3 Å². The maximum absolute atomic E-state index is 14.4. The van der Waals surface area contributed by atoms with Crippen LogP contribution >= 0.6 is 0 Å². The minimum Gasteiger partial charge on any atom is -0.497 e. The number of aliphatic hydroxyl groups excluding tert-OH is 1. The number of ether oxygens (including phenoxy) is 3. The predicted molar refractivity (Wildman–Crippen MR) is 170 cm³/mol. The molecular formula is C36H54N2O7. The van der Waals surface area contributed by atoms with Gasteiger partial charge in [0.2, 0.25) is 11.8 Å². The van der Waals surface area contributed by atoms with Crippen LogP contribution in [-0.2, 0) is 30.5 Å². The lowest BCUT2D eigenvalue weighted by Gasteiger charge is -2.63. The molecule has 9 heteroatoms. The summed E-state index contributed by atoms with van der Waals surface area (Å²) in [6.45, 7) is 4.12. The average molecular weight is 627 g/mol. The summed E-state index contributed by atoms with van der Waals surface area (Å²) in [4.78, 5) is 45.8. The van der Waals surface area contributed by atoms with E-state index in [9.17, 15) is 19.5 Å². The number of hydrogen-bond donors (Lipinski definition) is 1. The van der Waals surface area contributed by atoms with Crippen LogP contribution in [0.2, 0.25) is 0 Å². The Bertz CT molecular complexity index is 1160. The summed E-state index contributed by atoms with van der Waals surface area (Å²) in [6, 6.07) is 7.42. The smallest absolute Gasteiger partial charge is 0.308 e. The minimum atomic E-state index is -0.868. The largest absolute Gasteiger partial charge is 0.497 e. The van der Waals surface area contributed by atoms with Gasteiger partial charge in [-0.25, -0.2) is 0 Å². The van der Waals surface area contributed by atoms with Gasteiger partial charge >= 0.3 is 5.97 Å². The molecule has 1 saturated carbocycles. The molecule has 3 aliphatic heterocycles. The van der Waals surface area contributed by atoms with Crippen LogP contribution in [0.4, 0.5) is 0 Å². The Kier molecular flexibility index (Phi) is 11.5. The van der Waals surface area contributed by atoms with Crippen molar-refractivity contribution in [2.75, 3.05) is 40.0 Å². The maximum atomic E-state index is 14.4. The molecule has 0 aromatic heterocycles. The number of esters is 1. The number of piperidine rings is 1. The van der Waals surface area contributed by atoms with Crippen molar-refractivity contribution in [3.05, 3.63) is 29.8 Å². The zero-order valence-electron chi connectivity index (χ0n) is 27.5. The average Bonchev–Trinajstić information content (AvgIpc) is 3.21. The number of amides is 2. The first-order valence-electron chi connectivity index (χ1n) is 17.5. The number of nitrogens with zero attached hydrogens (tertiary/aromatic N) is 2. The van der Waals surface area contributed by atoms with E-state index >= 15 is 0 Å². The number of rotatable bonds is 12. The van der Waals surface area contributed by atoms with Crippen molar-refractivity contribution in [3.8, 4) is 5.75 Å². The van der Waals surface area contributed by atoms with Crippen molar-refractivity contribution >= 4 is 17.8 Å². The van der Waals surface area contributed by atoms with Crippen LogP contribution in [0.1, 0.15) is 102 Å². The maximum Gasteiger partial charge on any atom is 0.308 e. The summed E-state index contributed by atoms with van der Waals surface area (Å²) >= 11 is 0. The summed E-state index contributed by atoms with van der Waals surface area (Å²) in [7, 11) is 1.65. The van der Waals surface area contributed by atoms with Crippen molar-refractivity contribution in [2.24, 2.45) is 17.3 Å². The quantitative estimate of drug-likeness (QED) is 0.249. The van der Waals surface area contributed by atoms with E-state index in [0.717, 1.165) is 69.1 Å². The van der Waals surface area contributed by atoms with Crippen LogP contribution in [0.25, 0.3) is 0 Å². The molecule has 4 bridgehead atoms. The van der Waals surface area contributed by atoms with E-state index in [1.165, 1.54) is 6.42 Å². The number of methoxy groups -OCH3 is 1. The van der Waals surface area contributed by atoms with Crippen molar-refractivity contribution in [3.63, 3.8) is 0 Å². The molecule has 9 nitrogen and oxygen atoms in total. The van der Waals surface area contributed by atoms with E-state index in [1.54, 1.807) is 14.0 Å². The highest BCUT2D eigenvalue weighted by Gasteiger charge is 2.73. The van der Waals surface area contributed by atoms with Gasteiger partial charge < -0.3 is 29.1 Å². The first kappa shape index (κ1) is 33.7. The summed E-state index contributed by atoms with van der Waals surface area (Å²) < 4.78 is 16.7. The fourth-order valence-corrected chi connectivity index (χ4v) is 9.23. The van der Waals surface area contributed by atoms with Crippen molar-refractivity contribution in [2.45, 2.75) is 115 Å². The van der Waals surface area contributed by atoms with Crippen LogP contribution in [0.15, 0.2) is 24.3 Å². The summed E-state index contributed by atoms with van der Waals surface area (Å²) in [6.07, 6.45) is 11.4. The van der Waals surface area contributed by atoms with Gasteiger partial charge in [-0.05, 0) is 69.1 Å². The Morgan fingerprint density at radius 3 is 2.47 bits per heavy atom. The topological polar surface area (TPSA) is 106 Å². The third-order valence-electron chi connectivity index (χ3n) is 11.2. The second-order valence-corrected chi connectivity index (χ2v) is 13.8. The van der Waals surface area contributed by atoms with Gasteiger partial charge in [-0.2, -0.15) is 0 Å². The van der Waals surface area contributed by atoms with Crippen LogP contribution in [0, 0.1) is 17.3 Å². The Morgan fingerprint density at radius 1 is 1.02 bits per heavy atom. The Hall–Kier alpha value is -2.65. The molecule has 1 N–H and O–H groups in total. The van der Waals surface area contributed by atoms with E-state index in [2.05, 4.69) is 0 Å². The van der Waals surface area contributed by atoms with Gasteiger partial charge in [0, 0.05) is 37.5 Å². The standard InChI is InChI=1S/C36H54N2O7/c1-3-45-32(41)24-36-30-18-21-37-31(40)13-9-7-5-4-6-8-10-19-35(26-39,34(36)37)23-29(30)33(42)38(36)20-11-12-22-44-25-27-14-16-28(43-2)17-15-27/h14-17,29-30,34,39H,3-13,18-26H2,1-2H3/t29-,30-,34+,35+,36+/m1/s1. The lowest BCUT2D eigenvalue weighted by atomic mass is 9.51. The molecule has 1 aromatic carbocycles. The highest BCUT2D eigenvalue weighted by molar-refractivity contribution is 5.87. The number of carbonyl (C=O) groups excluding carboxylic acids is 3. The molecular weight excluding hydrogens is 572 g/mol. The van der Waals surface area contributed by atoms with Gasteiger partial charge in [-0.15, -0.1) is 0 Å². The molecule has 1 aliphatic carbocycles. The first-order valence-corrected chi connectivity index (χ1v) is 17.5. The molecule has 4 aliphatic rings. The molecule has 0 radical (unpaired) electrons. The van der Waals surface area contributed by atoms with Crippen LogP contribution in [0.5, 0.6) is 5.75 Å². The third kappa shape index (κ3) is 6.90. The number of hydrogen-bond acceptors (Lipinski definition) is 7. The van der Waals surface area contributed by atoms with E-state index in [0.29, 0.717) is 45.6 Å². The number of aliphatic hydroxyl groups is 1. The fraction of sp³-hybridized carbons (Fsp3) is 0.750. The highest BCUT2D eigenvalue weighted by Crippen LogP contribution is 2.63. The summed E-state index contributed by atoms with van der Waals surface area (Å²) in [5.41, 5.74) is -0.419. The fourth-order valence-electron chi connectivity index (χ4n) is 9.23. The molecule has 0 spiro atoms. The second kappa shape index (κ2) is 15.3. The number of benzene rings is 1. The molecule has 4 fully saturated rings. The summed E-state index contributed by atoms with van der Waals surface area (Å²) in [5.74, 6) is 0.384. The van der Waals surface area contributed by atoms with Gasteiger partial charge in [0.15, 0.2) is 0 Å². The zero-order chi connectivity index (χ0) is 31.9. The zero-order valence-corrected chi connectivity index (χ0v) is 27.5. The van der Waals surface area contributed by atoms with Gasteiger partial charge in [0.05, 0.1) is 44.9 Å². The Morgan fingerprint density at radius 2 is 1.76 bits per heavy atom. The molecule has 5 rings (SSSR count). The van der Waals surface area contributed by atoms with Gasteiger partial charge in [0.1, 0.15) is 5.75 Å². The molecule has 3 saturated heterocycles. The van der Waals surface area contributed by atoms with E-state index in [-0.39, 0.29) is 49.3 Å². The SMILES string of the molecule is CCOC(=O)C[C@@]12[C@@H]3CCN4C(=O)CCCCCCCCC[C@@](CO)(C[C@H]3C(=O)N1CCCCOCc1ccc(OC)cc1)[C@H]42. The lowest BCUT2D eigenvalue weighted by Crippen LogP contribution is -2.75. The summed E-state index contributed by atoms with van der Waals surface area (Å²) in [5, 5.41) is 11.2. The molecule has 250 valence electrons. The van der Waals surface area contributed by atoms with Gasteiger partial charge in [-0.1, -0.05) is 50.7 Å². The van der Waals surface area contributed by atoms with E-state index in [1.807, 2.05) is 34.1 Å². The number of unbranched alkanes of at least 4 members (excludes halogenated alkanes) is 1. The van der Waals surface area contributed by atoms with Crippen molar-refractivity contribution in [1.82, 2.24) is 9.80 Å². The Balaban J connectivity index is 1.40. The molecule has 0 unspecified atom stereocenters. The normalized spacial score (nSPS) is 30.3. The highest BCUT2D eigenvalue weighted by atomic mass is 16.5. The number of carbonyl (C=O) groups is 3.